The normalized spacial score (nSPS) is 25.1. The molecule has 0 bridgehead atoms. The van der Waals surface area contributed by atoms with Gasteiger partial charge in [-0.25, -0.2) is 0 Å². The molecule has 0 spiro atoms. The van der Waals surface area contributed by atoms with E-state index in [9.17, 15) is 14.4 Å². The molecule has 1 atom stereocenters. The Kier molecular flexibility index (Phi) is 3.04. The molecule has 2 aliphatic rings. The van der Waals surface area contributed by atoms with Crippen molar-refractivity contribution in [3.8, 4) is 0 Å². The molecule has 0 aromatic heterocycles. The number of hydrogen-bond acceptors (Lipinski definition) is 4. The third-order valence-electron chi connectivity index (χ3n) is 2.70. The van der Waals surface area contributed by atoms with Crippen LogP contribution in [-0.4, -0.2) is 52.0 Å². The van der Waals surface area contributed by atoms with Gasteiger partial charge < -0.3 is 15.3 Å². The van der Waals surface area contributed by atoms with Crippen molar-refractivity contribution < 1.29 is 19.5 Å². The predicted octanol–water partition coefficient (Wildman–Crippen LogP) is -0.256. The maximum Gasteiger partial charge on any atom is 0.303 e. The highest BCUT2D eigenvalue weighted by Crippen LogP contribution is 2.22. The number of hydrogen-bond donors (Lipinski definition) is 2. The van der Waals surface area contributed by atoms with E-state index in [2.05, 4.69) is 5.32 Å². The number of likely N-dealkylation sites (tertiary alicyclic amines) is 1. The molecule has 2 heterocycles. The molecule has 2 rings (SSSR count). The summed E-state index contributed by atoms with van der Waals surface area (Å²) in [6.07, 6.45) is 0.107. The zero-order valence-electron chi connectivity index (χ0n) is 8.51. The molecule has 1 unspecified atom stereocenters. The summed E-state index contributed by atoms with van der Waals surface area (Å²) in [5.74, 6) is -0.398. The predicted molar refractivity (Wildman–Crippen MR) is 57.1 cm³/mol. The molecule has 2 amide bonds. The molecule has 0 radical (unpaired) electrons. The SMILES string of the molecule is O=C(O)CC1CN(C(=O)C2CSC(=O)N2)C1. The first-order valence-corrected chi connectivity index (χ1v) is 5.98. The van der Waals surface area contributed by atoms with Crippen molar-refractivity contribution in [2.45, 2.75) is 12.5 Å². The first-order chi connectivity index (χ1) is 7.56. The molecule has 16 heavy (non-hydrogen) atoms. The largest absolute Gasteiger partial charge is 0.481 e. The summed E-state index contributed by atoms with van der Waals surface area (Å²) in [6.45, 7) is 0.977. The van der Waals surface area contributed by atoms with Crippen LogP contribution < -0.4 is 5.32 Å². The minimum Gasteiger partial charge on any atom is -0.481 e. The Hall–Kier alpha value is -1.24. The molecule has 2 saturated heterocycles. The Morgan fingerprint density at radius 2 is 2.19 bits per heavy atom. The van der Waals surface area contributed by atoms with E-state index in [1.807, 2.05) is 0 Å². The number of carboxylic acid groups (broad SMARTS) is 1. The smallest absolute Gasteiger partial charge is 0.303 e. The summed E-state index contributed by atoms with van der Waals surface area (Å²) in [5, 5.41) is 11.0. The highest BCUT2D eigenvalue weighted by atomic mass is 32.2. The molecule has 2 fully saturated rings. The fraction of sp³-hybridized carbons (Fsp3) is 0.667. The van der Waals surface area contributed by atoms with Gasteiger partial charge in [0.05, 0.1) is 6.42 Å². The molecule has 7 heteroatoms. The quantitative estimate of drug-likeness (QED) is 0.714. The monoisotopic (exact) mass is 244 g/mol. The third-order valence-corrected chi connectivity index (χ3v) is 3.58. The second-order valence-electron chi connectivity index (χ2n) is 4.00. The number of carbonyl (C=O) groups excluding carboxylic acids is 2. The van der Waals surface area contributed by atoms with Crippen LogP contribution in [0.25, 0.3) is 0 Å². The van der Waals surface area contributed by atoms with Crippen LogP contribution in [0.5, 0.6) is 0 Å². The molecule has 2 N–H and O–H groups in total. The average Bonchev–Trinajstić information content (AvgIpc) is 2.56. The van der Waals surface area contributed by atoms with Gasteiger partial charge in [0, 0.05) is 24.8 Å². The van der Waals surface area contributed by atoms with Gasteiger partial charge in [0.25, 0.3) is 5.24 Å². The van der Waals surface area contributed by atoms with Crippen molar-refractivity contribution in [2.24, 2.45) is 5.92 Å². The molecule has 2 aliphatic heterocycles. The van der Waals surface area contributed by atoms with Gasteiger partial charge in [0.15, 0.2) is 0 Å². The minimum atomic E-state index is -0.832. The van der Waals surface area contributed by atoms with Gasteiger partial charge in [-0.1, -0.05) is 11.8 Å². The van der Waals surface area contributed by atoms with E-state index < -0.39 is 12.0 Å². The standard InChI is InChI=1S/C9H12N2O4S/c12-7(13)1-5-2-11(3-5)8(14)6-4-16-9(15)10-6/h5-6H,1-4H2,(H,10,15)(H,12,13). The van der Waals surface area contributed by atoms with Gasteiger partial charge >= 0.3 is 5.97 Å². The fourth-order valence-electron chi connectivity index (χ4n) is 1.86. The highest BCUT2D eigenvalue weighted by molar-refractivity contribution is 8.14. The van der Waals surface area contributed by atoms with Crippen molar-refractivity contribution in [1.29, 1.82) is 0 Å². The molecular formula is C9H12N2O4S. The Labute approximate surface area is 96.4 Å². The lowest BCUT2D eigenvalue weighted by atomic mass is 9.95. The van der Waals surface area contributed by atoms with E-state index in [4.69, 9.17) is 5.11 Å². The molecule has 0 aromatic rings. The van der Waals surface area contributed by atoms with Crippen LogP contribution >= 0.6 is 11.8 Å². The van der Waals surface area contributed by atoms with Crippen LogP contribution in [0, 0.1) is 5.92 Å². The summed E-state index contributed by atoms with van der Waals surface area (Å²) in [4.78, 5) is 34.7. The number of thioether (sulfide) groups is 1. The lowest BCUT2D eigenvalue weighted by molar-refractivity contribution is -0.145. The number of carbonyl (C=O) groups is 3. The van der Waals surface area contributed by atoms with E-state index in [0.717, 1.165) is 11.8 Å². The summed E-state index contributed by atoms with van der Waals surface area (Å²) >= 11 is 1.11. The lowest BCUT2D eigenvalue weighted by Gasteiger charge is -2.39. The number of rotatable bonds is 3. The van der Waals surface area contributed by atoms with E-state index in [-0.39, 0.29) is 23.5 Å². The van der Waals surface area contributed by atoms with Crippen molar-refractivity contribution in [2.75, 3.05) is 18.8 Å². The molecule has 0 saturated carbocycles. The number of amides is 2. The lowest BCUT2D eigenvalue weighted by Crippen LogP contribution is -2.56. The molecule has 0 aromatic carbocycles. The molecule has 0 aliphatic carbocycles. The molecule has 6 nitrogen and oxygen atoms in total. The van der Waals surface area contributed by atoms with Crippen LogP contribution in [0.2, 0.25) is 0 Å². The number of aliphatic carboxylic acids is 1. The minimum absolute atomic E-state index is 0.0613. The summed E-state index contributed by atoms with van der Waals surface area (Å²) in [7, 11) is 0. The molecule has 88 valence electrons. The van der Waals surface area contributed by atoms with Crippen molar-refractivity contribution in [3.63, 3.8) is 0 Å². The maximum absolute atomic E-state index is 11.8. The van der Waals surface area contributed by atoms with Gasteiger partial charge in [0.1, 0.15) is 6.04 Å². The van der Waals surface area contributed by atoms with Crippen molar-refractivity contribution >= 4 is 28.9 Å². The summed E-state index contributed by atoms with van der Waals surface area (Å²) in [5.41, 5.74) is 0. The molecular weight excluding hydrogens is 232 g/mol. The number of nitrogens with zero attached hydrogens (tertiary/aromatic N) is 1. The van der Waals surface area contributed by atoms with Gasteiger partial charge in [-0.05, 0) is 0 Å². The first kappa shape index (κ1) is 11.3. The van der Waals surface area contributed by atoms with E-state index in [1.54, 1.807) is 4.90 Å². The topological polar surface area (TPSA) is 86.7 Å². The maximum atomic E-state index is 11.8. The fourth-order valence-corrected chi connectivity index (χ4v) is 2.63. The zero-order chi connectivity index (χ0) is 11.7. The van der Waals surface area contributed by atoms with Gasteiger partial charge in [-0.15, -0.1) is 0 Å². The van der Waals surface area contributed by atoms with Crippen LogP contribution in [0.1, 0.15) is 6.42 Å². The Morgan fingerprint density at radius 1 is 1.50 bits per heavy atom. The van der Waals surface area contributed by atoms with Crippen LogP contribution in [-0.2, 0) is 9.59 Å². The second kappa shape index (κ2) is 4.32. The van der Waals surface area contributed by atoms with Gasteiger partial charge in [-0.2, -0.15) is 0 Å². The van der Waals surface area contributed by atoms with Crippen molar-refractivity contribution in [1.82, 2.24) is 10.2 Å². The van der Waals surface area contributed by atoms with Crippen molar-refractivity contribution in [3.05, 3.63) is 0 Å². The van der Waals surface area contributed by atoms with E-state index in [1.165, 1.54) is 0 Å². The van der Waals surface area contributed by atoms with Gasteiger partial charge in [-0.3, -0.25) is 14.4 Å². The highest BCUT2D eigenvalue weighted by Gasteiger charge is 2.38. The Balaban J connectivity index is 1.77. The zero-order valence-corrected chi connectivity index (χ0v) is 9.33. The van der Waals surface area contributed by atoms with Crippen LogP contribution in [0.15, 0.2) is 0 Å². The van der Waals surface area contributed by atoms with Crippen LogP contribution in [0.3, 0.4) is 0 Å². The Morgan fingerprint density at radius 3 is 2.69 bits per heavy atom. The van der Waals surface area contributed by atoms with E-state index >= 15 is 0 Å². The third kappa shape index (κ3) is 2.29. The number of nitrogens with one attached hydrogen (secondary N) is 1. The average molecular weight is 244 g/mol. The summed E-state index contributed by atoms with van der Waals surface area (Å²) < 4.78 is 0. The van der Waals surface area contributed by atoms with Gasteiger partial charge in [0.2, 0.25) is 5.91 Å². The second-order valence-corrected chi connectivity index (χ2v) is 5.00. The Bertz CT molecular complexity index is 340. The van der Waals surface area contributed by atoms with E-state index in [0.29, 0.717) is 18.8 Å². The summed E-state index contributed by atoms with van der Waals surface area (Å²) in [6, 6.07) is -0.428. The number of carboxylic acids is 1. The first-order valence-electron chi connectivity index (χ1n) is 5.00. The van der Waals surface area contributed by atoms with Crippen LogP contribution in [0.4, 0.5) is 4.79 Å².